The van der Waals surface area contributed by atoms with E-state index in [9.17, 15) is 4.79 Å². The highest BCUT2D eigenvalue weighted by atomic mass is 16.1. The van der Waals surface area contributed by atoms with Gasteiger partial charge in [0, 0.05) is 23.6 Å². The largest absolute Gasteiger partial charge is 0.311 e. The van der Waals surface area contributed by atoms with E-state index in [-0.39, 0.29) is 5.92 Å². The molecule has 2 aliphatic rings. The molecule has 1 aromatic carbocycles. The van der Waals surface area contributed by atoms with Crippen LogP contribution in [-0.4, -0.2) is 17.9 Å². The molecule has 1 N–H and O–H groups in total. The minimum Gasteiger partial charge on any atom is -0.311 e. The lowest BCUT2D eigenvalue weighted by molar-refractivity contribution is 0.0825. The Balaban J connectivity index is 1.76. The van der Waals surface area contributed by atoms with Gasteiger partial charge in [-0.1, -0.05) is 30.2 Å². The van der Waals surface area contributed by atoms with Crippen LogP contribution in [0.2, 0.25) is 0 Å². The van der Waals surface area contributed by atoms with E-state index in [0.29, 0.717) is 17.9 Å². The van der Waals surface area contributed by atoms with Gasteiger partial charge in [-0.3, -0.25) is 4.79 Å². The Morgan fingerprint density at radius 1 is 1.22 bits per heavy atom. The molecule has 18 heavy (non-hydrogen) atoms. The van der Waals surface area contributed by atoms with Gasteiger partial charge in [-0.25, -0.2) is 0 Å². The molecule has 2 nitrogen and oxygen atoms in total. The number of Topliss-reactive ketones (excluding diaryl/α,β-unsaturated/α-hetero) is 1. The minimum atomic E-state index is 0.239. The van der Waals surface area contributed by atoms with Gasteiger partial charge >= 0.3 is 0 Å². The smallest absolute Gasteiger partial charge is 0.166 e. The first-order valence-electron chi connectivity index (χ1n) is 7.09. The fourth-order valence-corrected chi connectivity index (χ4v) is 3.51. The second kappa shape index (κ2) is 4.85. The van der Waals surface area contributed by atoms with Gasteiger partial charge in [0.05, 0.1) is 0 Å². The van der Waals surface area contributed by atoms with Gasteiger partial charge in [0.1, 0.15) is 0 Å². The van der Waals surface area contributed by atoms with Crippen molar-refractivity contribution in [1.82, 2.24) is 5.32 Å². The van der Waals surface area contributed by atoms with Crippen molar-refractivity contribution < 1.29 is 4.79 Å². The fraction of sp³-hybridized carbons (Fsp3) is 0.562. The van der Waals surface area contributed by atoms with Crippen LogP contribution in [0.3, 0.4) is 0 Å². The first kappa shape index (κ1) is 11.9. The van der Waals surface area contributed by atoms with Crippen LogP contribution in [0.4, 0.5) is 0 Å². The van der Waals surface area contributed by atoms with Crippen LogP contribution in [0, 0.1) is 12.8 Å². The molecule has 2 heterocycles. The predicted molar refractivity (Wildman–Crippen MR) is 72.8 cm³/mol. The van der Waals surface area contributed by atoms with Crippen molar-refractivity contribution in [2.45, 2.75) is 51.1 Å². The number of carbonyl (C=O) groups excluding carboxylic acids is 1. The van der Waals surface area contributed by atoms with Crippen LogP contribution in [0.25, 0.3) is 0 Å². The molecule has 1 aromatic rings. The third-order valence-electron chi connectivity index (χ3n) is 4.39. The lowest BCUT2D eigenvalue weighted by Crippen LogP contribution is -2.50. The van der Waals surface area contributed by atoms with Crippen molar-refractivity contribution in [3.63, 3.8) is 0 Å². The number of aryl methyl sites for hydroxylation is 1. The number of piperidine rings is 2. The van der Waals surface area contributed by atoms with Gasteiger partial charge in [-0.15, -0.1) is 0 Å². The van der Waals surface area contributed by atoms with Crippen molar-refractivity contribution in [3.8, 4) is 0 Å². The number of rotatable bonds is 2. The quantitative estimate of drug-likeness (QED) is 0.809. The Kier molecular flexibility index (Phi) is 3.21. The lowest BCUT2D eigenvalue weighted by atomic mass is 9.77. The van der Waals surface area contributed by atoms with Crippen LogP contribution in [0.15, 0.2) is 24.3 Å². The number of ketones is 1. The Labute approximate surface area is 109 Å². The number of hydrogen-bond donors (Lipinski definition) is 1. The first-order chi connectivity index (χ1) is 8.72. The highest BCUT2D eigenvalue weighted by molar-refractivity contribution is 5.98. The summed E-state index contributed by atoms with van der Waals surface area (Å²) in [4.78, 5) is 12.6. The first-order valence-corrected chi connectivity index (χ1v) is 7.09. The van der Waals surface area contributed by atoms with E-state index in [2.05, 4.69) is 5.32 Å². The maximum Gasteiger partial charge on any atom is 0.166 e. The minimum absolute atomic E-state index is 0.239. The zero-order valence-electron chi connectivity index (χ0n) is 11.0. The van der Waals surface area contributed by atoms with Crippen molar-refractivity contribution in [3.05, 3.63) is 35.4 Å². The second-order valence-electron chi connectivity index (χ2n) is 5.89. The molecule has 0 spiro atoms. The molecule has 0 aromatic heterocycles. The molecule has 3 rings (SSSR count). The lowest BCUT2D eigenvalue weighted by Gasteiger charge is -2.39. The average Bonchev–Trinajstić information content (AvgIpc) is 2.37. The number of benzene rings is 1. The SMILES string of the molecule is Cc1cccc(C(=O)C2CC3CCCC(C2)N3)c1. The number of carbonyl (C=O) groups is 1. The zero-order chi connectivity index (χ0) is 12.5. The fourth-order valence-electron chi connectivity index (χ4n) is 3.51. The molecule has 2 heteroatoms. The second-order valence-corrected chi connectivity index (χ2v) is 5.89. The van der Waals surface area contributed by atoms with Gasteiger partial charge in [-0.05, 0) is 38.7 Å². The standard InChI is InChI=1S/C16H21NO/c1-11-4-2-5-12(8-11)16(18)13-9-14-6-3-7-15(10-13)17-14/h2,4-5,8,13-15,17H,3,6-7,9-10H2,1H3. The summed E-state index contributed by atoms with van der Waals surface area (Å²) >= 11 is 0. The summed E-state index contributed by atoms with van der Waals surface area (Å²) in [5, 5.41) is 3.65. The van der Waals surface area contributed by atoms with E-state index in [1.807, 2.05) is 31.2 Å². The van der Waals surface area contributed by atoms with E-state index < -0.39 is 0 Å². The van der Waals surface area contributed by atoms with E-state index in [0.717, 1.165) is 18.4 Å². The Morgan fingerprint density at radius 3 is 2.61 bits per heavy atom. The molecule has 2 fully saturated rings. The Bertz CT molecular complexity index is 442. The molecule has 96 valence electrons. The van der Waals surface area contributed by atoms with Crippen LogP contribution in [-0.2, 0) is 0 Å². The maximum absolute atomic E-state index is 12.6. The third kappa shape index (κ3) is 2.35. The highest BCUT2D eigenvalue weighted by Gasteiger charge is 2.34. The zero-order valence-corrected chi connectivity index (χ0v) is 11.0. The normalized spacial score (nSPS) is 31.1. The van der Waals surface area contributed by atoms with E-state index in [1.54, 1.807) is 0 Å². The average molecular weight is 243 g/mol. The molecular weight excluding hydrogens is 222 g/mol. The van der Waals surface area contributed by atoms with E-state index in [1.165, 1.54) is 24.8 Å². The monoisotopic (exact) mass is 243 g/mol. The predicted octanol–water partition coefficient (Wildman–Crippen LogP) is 3.10. The molecule has 2 saturated heterocycles. The molecule has 0 aliphatic carbocycles. The van der Waals surface area contributed by atoms with Crippen LogP contribution >= 0.6 is 0 Å². The summed E-state index contributed by atoms with van der Waals surface area (Å²) < 4.78 is 0. The summed E-state index contributed by atoms with van der Waals surface area (Å²) in [7, 11) is 0. The molecule has 2 unspecified atom stereocenters. The summed E-state index contributed by atoms with van der Waals surface area (Å²) in [6, 6.07) is 9.19. The number of fused-ring (bicyclic) bond motifs is 2. The van der Waals surface area contributed by atoms with Crippen LogP contribution in [0.1, 0.15) is 48.0 Å². The van der Waals surface area contributed by atoms with Crippen molar-refractivity contribution in [2.75, 3.05) is 0 Å². The molecule has 2 aliphatic heterocycles. The van der Waals surface area contributed by atoms with E-state index in [4.69, 9.17) is 0 Å². The summed E-state index contributed by atoms with van der Waals surface area (Å²) in [6.45, 7) is 2.05. The van der Waals surface area contributed by atoms with Crippen molar-refractivity contribution in [1.29, 1.82) is 0 Å². The van der Waals surface area contributed by atoms with Gasteiger partial charge in [0.15, 0.2) is 5.78 Å². The highest BCUT2D eigenvalue weighted by Crippen LogP contribution is 2.31. The number of hydrogen-bond acceptors (Lipinski definition) is 2. The van der Waals surface area contributed by atoms with Crippen LogP contribution in [0.5, 0.6) is 0 Å². The van der Waals surface area contributed by atoms with Gasteiger partial charge in [0.2, 0.25) is 0 Å². The summed E-state index contributed by atoms with van der Waals surface area (Å²) in [5.41, 5.74) is 2.08. The number of nitrogens with one attached hydrogen (secondary N) is 1. The summed E-state index contributed by atoms with van der Waals surface area (Å²) in [6.07, 6.45) is 5.88. The van der Waals surface area contributed by atoms with Gasteiger partial charge in [-0.2, -0.15) is 0 Å². The Hall–Kier alpha value is -1.15. The van der Waals surface area contributed by atoms with Gasteiger partial charge in [0.25, 0.3) is 0 Å². The third-order valence-corrected chi connectivity index (χ3v) is 4.39. The maximum atomic E-state index is 12.6. The molecule has 0 radical (unpaired) electrons. The topological polar surface area (TPSA) is 29.1 Å². The molecule has 0 saturated carbocycles. The summed E-state index contributed by atoms with van der Waals surface area (Å²) in [5.74, 6) is 0.598. The van der Waals surface area contributed by atoms with Crippen molar-refractivity contribution >= 4 is 5.78 Å². The van der Waals surface area contributed by atoms with Crippen LogP contribution < -0.4 is 5.32 Å². The van der Waals surface area contributed by atoms with Gasteiger partial charge < -0.3 is 5.32 Å². The Morgan fingerprint density at radius 2 is 1.94 bits per heavy atom. The molecular formula is C16H21NO. The molecule has 2 bridgehead atoms. The molecule has 0 amide bonds. The van der Waals surface area contributed by atoms with Crippen molar-refractivity contribution in [2.24, 2.45) is 5.92 Å². The molecule has 2 atom stereocenters. The van der Waals surface area contributed by atoms with E-state index >= 15 is 0 Å².